The second-order valence-electron chi connectivity index (χ2n) is 5.27. The number of thiocarbonyl (C=S) groups is 1. The number of allylic oxidation sites excluding steroid dienone is 2. The van der Waals surface area contributed by atoms with Crippen molar-refractivity contribution in [1.29, 1.82) is 0 Å². The summed E-state index contributed by atoms with van der Waals surface area (Å²) in [5.41, 5.74) is 2.14. The maximum absolute atomic E-state index is 5.50. The first-order valence-corrected chi connectivity index (χ1v) is 8.97. The first-order chi connectivity index (χ1) is 7.99. The van der Waals surface area contributed by atoms with E-state index in [0.717, 1.165) is 29.3 Å². The van der Waals surface area contributed by atoms with E-state index in [2.05, 4.69) is 33.7 Å². The Morgan fingerprint density at radius 3 is 2.65 bits per heavy atom. The SMILES string of the molecule is C=CC1C(=C)CC(CC(C)P(C)CC)CC1=S. The van der Waals surface area contributed by atoms with Crippen LogP contribution in [0.25, 0.3) is 0 Å². The standard InChI is InChI=1S/C15H25PS/c1-6-14-11(3)8-13(10-15(14)17)9-12(4)16(5)7-2/h6,12-14H,1,3,7-10H2,2,4-5H3. The third kappa shape index (κ3) is 4.00. The highest BCUT2D eigenvalue weighted by Gasteiger charge is 2.28. The van der Waals surface area contributed by atoms with E-state index in [0.29, 0.717) is 5.92 Å². The second kappa shape index (κ2) is 6.81. The molecule has 0 aromatic carbocycles. The second-order valence-corrected chi connectivity index (χ2v) is 8.82. The Bertz CT molecular complexity index is 290. The highest BCUT2D eigenvalue weighted by atomic mass is 32.1. The molecule has 0 nitrogen and oxygen atoms in total. The molecule has 4 unspecified atom stereocenters. The average Bonchev–Trinajstić information content (AvgIpc) is 2.27. The maximum Gasteiger partial charge on any atom is 0.0287 e. The first-order valence-electron chi connectivity index (χ1n) is 6.52. The fourth-order valence-corrected chi connectivity index (χ4v) is 4.43. The molecular formula is C15H25PS. The summed E-state index contributed by atoms with van der Waals surface area (Å²) in [5, 5.41) is 0. The highest BCUT2D eigenvalue weighted by molar-refractivity contribution is 7.80. The van der Waals surface area contributed by atoms with E-state index >= 15 is 0 Å². The lowest BCUT2D eigenvalue weighted by atomic mass is 9.77. The van der Waals surface area contributed by atoms with Crippen molar-refractivity contribution in [3.8, 4) is 0 Å². The molecule has 1 saturated carbocycles. The molecule has 0 aromatic rings. The summed E-state index contributed by atoms with van der Waals surface area (Å²) in [6.07, 6.45) is 6.86. The van der Waals surface area contributed by atoms with Gasteiger partial charge < -0.3 is 0 Å². The van der Waals surface area contributed by atoms with Gasteiger partial charge in [-0.05, 0) is 43.7 Å². The van der Waals surface area contributed by atoms with Gasteiger partial charge in [-0.3, -0.25) is 0 Å². The lowest BCUT2D eigenvalue weighted by molar-refractivity contribution is 0.467. The van der Waals surface area contributed by atoms with Crippen molar-refractivity contribution >= 4 is 25.0 Å². The molecule has 0 amide bonds. The predicted molar refractivity (Wildman–Crippen MR) is 85.6 cm³/mol. The smallest absolute Gasteiger partial charge is 0.0287 e. The van der Waals surface area contributed by atoms with Crippen LogP contribution in [0.1, 0.15) is 33.1 Å². The topological polar surface area (TPSA) is 0 Å². The third-order valence-corrected chi connectivity index (χ3v) is 7.12. The summed E-state index contributed by atoms with van der Waals surface area (Å²) in [4.78, 5) is 1.16. The van der Waals surface area contributed by atoms with Gasteiger partial charge in [-0.25, -0.2) is 0 Å². The van der Waals surface area contributed by atoms with Crippen molar-refractivity contribution in [3.63, 3.8) is 0 Å². The molecule has 1 rings (SSSR count). The highest BCUT2D eigenvalue weighted by Crippen LogP contribution is 2.43. The molecule has 17 heavy (non-hydrogen) atoms. The van der Waals surface area contributed by atoms with Crippen LogP contribution in [0, 0.1) is 11.8 Å². The van der Waals surface area contributed by atoms with Gasteiger partial charge in [0, 0.05) is 10.8 Å². The van der Waals surface area contributed by atoms with Gasteiger partial charge in [0.1, 0.15) is 0 Å². The molecular weight excluding hydrogens is 243 g/mol. The molecule has 0 bridgehead atoms. The van der Waals surface area contributed by atoms with Gasteiger partial charge in [0.05, 0.1) is 0 Å². The van der Waals surface area contributed by atoms with Crippen LogP contribution >= 0.6 is 20.1 Å². The van der Waals surface area contributed by atoms with E-state index in [4.69, 9.17) is 12.2 Å². The van der Waals surface area contributed by atoms with Gasteiger partial charge in [-0.2, -0.15) is 0 Å². The van der Waals surface area contributed by atoms with Crippen molar-refractivity contribution in [1.82, 2.24) is 0 Å². The zero-order chi connectivity index (χ0) is 13.0. The summed E-state index contributed by atoms with van der Waals surface area (Å²) in [6.45, 7) is 15.2. The number of rotatable bonds is 5. The zero-order valence-electron chi connectivity index (χ0n) is 11.4. The molecule has 2 heteroatoms. The molecule has 1 aliphatic rings. The molecule has 0 N–H and O–H groups in total. The Morgan fingerprint density at radius 1 is 1.53 bits per heavy atom. The summed E-state index contributed by atoms with van der Waals surface area (Å²) in [6, 6.07) is 0. The van der Waals surface area contributed by atoms with Gasteiger partial charge in [-0.15, -0.1) is 14.5 Å². The molecule has 0 aromatic heterocycles. The number of hydrogen-bond acceptors (Lipinski definition) is 1. The maximum atomic E-state index is 5.50. The van der Waals surface area contributed by atoms with Crippen LogP contribution < -0.4 is 0 Å². The van der Waals surface area contributed by atoms with E-state index in [1.165, 1.54) is 18.2 Å². The predicted octanol–water partition coefficient (Wildman–Crippen LogP) is 5.03. The Labute approximate surface area is 113 Å². The molecule has 1 fully saturated rings. The van der Waals surface area contributed by atoms with Crippen molar-refractivity contribution in [2.24, 2.45) is 11.8 Å². The summed E-state index contributed by atoms with van der Waals surface area (Å²) in [7, 11) is 0.199. The van der Waals surface area contributed by atoms with Crippen LogP contribution in [-0.2, 0) is 0 Å². The molecule has 1 aliphatic carbocycles. The van der Waals surface area contributed by atoms with Gasteiger partial charge >= 0.3 is 0 Å². The summed E-state index contributed by atoms with van der Waals surface area (Å²) in [5.74, 6) is 1.03. The number of hydrogen-bond donors (Lipinski definition) is 0. The Morgan fingerprint density at radius 2 is 2.18 bits per heavy atom. The molecule has 4 atom stereocenters. The van der Waals surface area contributed by atoms with Crippen molar-refractivity contribution in [2.75, 3.05) is 12.8 Å². The van der Waals surface area contributed by atoms with Gasteiger partial charge in [0.2, 0.25) is 0 Å². The summed E-state index contributed by atoms with van der Waals surface area (Å²) >= 11 is 5.50. The quantitative estimate of drug-likeness (QED) is 0.382. The minimum absolute atomic E-state index is 0.199. The molecule has 0 spiro atoms. The van der Waals surface area contributed by atoms with E-state index < -0.39 is 0 Å². The lowest BCUT2D eigenvalue weighted by Gasteiger charge is -2.32. The van der Waals surface area contributed by atoms with Crippen LogP contribution in [0.2, 0.25) is 0 Å². The van der Waals surface area contributed by atoms with Crippen LogP contribution in [0.4, 0.5) is 0 Å². The Kier molecular flexibility index (Phi) is 6.03. The van der Waals surface area contributed by atoms with Gasteiger partial charge in [0.15, 0.2) is 0 Å². The van der Waals surface area contributed by atoms with Crippen LogP contribution in [0.5, 0.6) is 0 Å². The average molecular weight is 268 g/mol. The van der Waals surface area contributed by atoms with Gasteiger partial charge in [0.25, 0.3) is 0 Å². The van der Waals surface area contributed by atoms with Crippen molar-refractivity contribution < 1.29 is 0 Å². The van der Waals surface area contributed by atoms with E-state index in [1.54, 1.807) is 0 Å². The molecule has 96 valence electrons. The third-order valence-electron chi connectivity index (χ3n) is 3.99. The molecule has 0 aliphatic heterocycles. The van der Waals surface area contributed by atoms with Crippen LogP contribution in [0.3, 0.4) is 0 Å². The summed E-state index contributed by atoms with van der Waals surface area (Å²) < 4.78 is 0. The minimum atomic E-state index is 0.199. The van der Waals surface area contributed by atoms with Crippen molar-refractivity contribution in [2.45, 2.75) is 38.8 Å². The van der Waals surface area contributed by atoms with E-state index in [-0.39, 0.29) is 7.92 Å². The van der Waals surface area contributed by atoms with Crippen molar-refractivity contribution in [3.05, 3.63) is 24.8 Å². The van der Waals surface area contributed by atoms with E-state index in [9.17, 15) is 0 Å². The first kappa shape index (κ1) is 15.1. The largest absolute Gasteiger partial charge is 0.107 e. The van der Waals surface area contributed by atoms with Crippen LogP contribution in [-0.4, -0.2) is 23.4 Å². The molecule has 0 heterocycles. The minimum Gasteiger partial charge on any atom is -0.107 e. The van der Waals surface area contributed by atoms with Crippen LogP contribution in [0.15, 0.2) is 24.8 Å². The molecule has 0 radical (unpaired) electrons. The normalized spacial score (nSPS) is 28.9. The Hall–Kier alpha value is -0.0000000000000000278. The lowest BCUT2D eigenvalue weighted by Crippen LogP contribution is -2.25. The fraction of sp³-hybridized carbons (Fsp3) is 0.667. The fourth-order valence-electron chi connectivity index (χ4n) is 2.65. The van der Waals surface area contributed by atoms with E-state index in [1.807, 2.05) is 6.08 Å². The molecule has 0 saturated heterocycles. The van der Waals surface area contributed by atoms with Gasteiger partial charge in [-0.1, -0.05) is 44.3 Å². The zero-order valence-corrected chi connectivity index (χ0v) is 13.1. The monoisotopic (exact) mass is 268 g/mol. The Balaban J connectivity index is 2.56.